The van der Waals surface area contributed by atoms with Crippen LogP contribution in [0, 0.1) is 0 Å². The van der Waals surface area contributed by atoms with E-state index in [1.54, 1.807) is 24.3 Å². The summed E-state index contributed by atoms with van der Waals surface area (Å²) in [5.74, 6) is -1.16. The van der Waals surface area contributed by atoms with E-state index in [1.165, 1.54) is 4.90 Å². The summed E-state index contributed by atoms with van der Waals surface area (Å²) in [5.41, 5.74) is 0.927. The summed E-state index contributed by atoms with van der Waals surface area (Å²) in [5, 5.41) is 0. The van der Waals surface area contributed by atoms with Crippen molar-refractivity contribution in [3.63, 3.8) is 0 Å². The predicted molar refractivity (Wildman–Crippen MR) is 66.7 cm³/mol. The molecule has 0 radical (unpaired) electrons. The van der Waals surface area contributed by atoms with Crippen LogP contribution in [0.1, 0.15) is 34.6 Å². The van der Waals surface area contributed by atoms with Gasteiger partial charge in [0.2, 0.25) is 0 Å². The molecule has 1 atom stereocenters. The van der Waals surface area contributed by atoms with Gasteiger partial charge in [0, 0.05) is 0 Å². The largest absolute Gasteiger partial charge is 0.348 e. The summed E-state index contributed by atoms with van der Waals surface area (Å²) in [6.45, 7) is 4.25. The minimum absolute atomic E-state index is 0.232. The number of nitrogens with zero attached hydrogens (tertiary/aromatic N) is 1. The lowest BCUT2D eigenvalue weighted by molar-refractivity contribution is -0.139. The first-order valence-corrected chi connectivity index (χ1v) is 6.25. The number of hydrogen-bond donors (Lipinski definition) is 0. The third-order valence-electron chi connectivity index (χ3n) is 3.33. The Bertz CT molecular complexity index is 517. The molecule has 0 saturated carbocycles. The van der Waals surface area contributed by atoms with Crippen LogP contribution in [-0.2, 0) is 9.47 Å². The van der Waals surface area contributed by atoms with Gasteiger partial charge in [-0.15, -0.1) is 0 Å². The van der Waals surface area contributed by atoms with Crippen molar-refractivity contribution < 1.29 is 19.1 Å². The minimum atomic E-state index is -0.649. The topological polar surface area (TPSA) is 55.8 Å². The zero-order chi connectivity index (χ0) is 13.6. The molecule has 0 aromatic heterocycles. The number of carbonyl (C=O) groups is 2. The molecule has 1 saturated heterocycles. The average Bonchev–Trinajstić information content (AvgIpc) is 2.83. The van der Waals surface area contributed by atoms with Gasteiger partial charge in [0.05, 0.1) is 24.3 Å². The second-order valence-electron chi connectivity index (χ2n) is 5.22. The summed E-state index contributed by atoms with van der Waals surface area (Å²) in [4.78, 5) is 25.6. The first-order valence-electron chi connectivity index (χ1n) is 6.25. The Kier molecular flexibility index (Phi) is 2.69. The van der Waals surface area contributed by atoms with Crippen LogP contribution in [0.15, 0.2) is 24.3 Å². The number of carbonyl (C=O) groups excluding carboxylic acids is 2. The molecule has 1 aromatic carbocycles. The van der Waals surface area contributed by atoms with Gasteiger partial charge >= 0.3 is 0 Å². The molecule has 2 aliphatic heterocycles. The van der Waals surface area contributed by atoms with Gasteiger partial charge < -0.3 is 9.47 Å². The van der Waals surface area contributed by atoms with Gasteiger partial charge in [-0.05, 0) is 26.0 Å². The second kappa shape index (κ2) is 4.15. The van der Waals surface area contributed by atoms with E-state index in [0.29, 0.717) is 17.7 Å². The van der Waals surface area contributed by atoms with Crippen LogP contribution in [0.25, 0.3) is 0 Å². The fourth-order valence-electron chi connectivity index (χ4n) is 2.46. The number of fused-ring (bicyclic) bond motifs is 1. The van der Waals surface area contributed by atoms with Crippen LogP contribution < -0.4 is 0 Å². The molecule has 2 aliphatic rings. The molecule has 19 heavy (non-hydrogen) atoms. The summed E-state index contributed by atoms with van der Waals surface area (Å²) in [6, 6.07) is 6.86. The van der Waals surface area contributed by atoms with Crippen LogP contribution in [0.2, 0.25) is 0 Å². The van der Waals surface area contributed by atoms with Gasteiger partial charge in [0.1, 0.15) is 6.10 Å². The van der Waals surface area contributed by atoms with Gasteiger partial charge in [0.25, 0.3) is 11.8 Å². The van der Waals surface area contributed by atoms with E-state index in [4.69, 9.17) is 9.47 Å². The van der Waals surface area contributed by atoms with Gasteiger partial charge in [0.15, 0.2) is 5.79 Å². The fourth-order valence-corrected chi connectivity index (χ4v) is 2.46. The van der Waals surface area contributed by atoms with E-state index in [-0.39, 0.29) is 24.5 Å². The third kappa shape index (κ3) is 2.05. The predicted octanol–water partition coefficient (Wildman–Crippen LogP) is 1.43. The molecule has 0 spiro atoms. The molecule has 2 amide bonds. The van der Waals surface area contributed by atoms with Crippen LogP contribution in [-0.4, -0.2) is 41.8 Å². The molecular weight excluding hydrogens is 246 g/mol. The van der Waals surface area contributed by atoms with E-state index >= 15 is 0 Å². The molecule has 0 N–H and O–H groups in total. The molecule has 0 bridgehead atoms. The highest BCUT2D eigenvalue weighted by Crippen LogP contribution is 2.27. The Morgan fingerprint density at radius 1 is 1.21 bits per heavy atom. The number of hydrogen-bond acceptors (Lipinski definition) is 4. The summed E-state index contributed by atoms with van der Waals surface area (Å²) in [7, 11) is 0. The Balaban J connectivity index is 1.78. The van der Waals surface area contributed by atoms with Gasteiger partial charge in [-0.2, -0.15) is 0 Å². The number of rotatable bonds is 2. The van der Waals surface area contributed by atoms with Crippen LogP contribution in [0.5, 0.6) is 0 Å². The van der Waals surface area contributed by atoms with Crippen molar-refractivity contribution >= 4 is 11.8 Å². The molecular formula is C14H15NO4. The lowest BCUT2D eigenvalue weighted by Gasteiger charge is -2.20. The van der Waals surface area contributed by atoms with E-state index in [0.717, 1.165) is 0 Å². The molecule has 1 aromatic rings. The Hall–Kier alpha value is -1.72. The van der Waals surface area contributed by atoms with E-state index in [9.17, 15) is 9.59 Å². The SMILES string of the molecule is CC1(C)OC[C@H](CN2C(=O)c3ccccc3C2=O)O1. The number of imide groups is 1. The van der Waals surface area contributed by atoms with Crippen LogP contribution in [0.4, 0.5) is 0 Å². The van der Waals surface area contributed by atoms with Crippen molar-refractivity contribution in [3.8, 4) is 0 Å². The zero-order valence-electron chi connectivity index (χ0n) is 10.9. The molecule has 0 aliphatic carbocycles. The second-order valence-corrected chi connectivity index (χ2v) is 5.22. The van der Waals surface area contributed by atoms with Crippen LogP contribution in [0.3, 0.4) is 0 Å². The monoisotopic (exact) mass is 261 g/mol. The molecule has 0 unspecified atom stereocenters. The molecule has 5 heteroatoms. The van der Waals surface area contributed by atoms with E-state index in [1.807, 2.05) is 13.8 Å². The smallest absolute Gasteiger partial charge is 0.261 e. The summed E-state index contributed by atoms with van der Waals surface area (Å²) in [6.07, 6.45) is -0.266. The maximum absolute atomic E-state index is 12.2. The fraction of sp³-hybridized carbons (Fsp3) is 0.429. The minimum Gasteiger partial charge on any atom is -0.348 e. The highest BCUT2D eigenvalue weighted by molar-refractivity contribution is 6.21. The highest BCUT2D eigenvalue weighted by Gasteiger charge is 2.40. The van der Waals surface area contributed by atoms with Crippen molar-refractivity contribution in [2.24, 2.45) is 0 Å². The van der Waals surface area contributed by atoms with Crippen molar-refractivity contribution in [1.82, 2.24) is 4.90 Å². The molecule has 3 rings (SSSR count). The molecule has 1 fully saturated rings. The Morgan fingerprint density at radius 3 is 2.26 bits per heavy atom. The van der Waals surface area contributed by atoms with Gasteiger partial charge in [-0.3, -0.25) is 14.5 Å². The Labute approximate surface area is 111 Å². The van der Waals surface area contributed by atoms with E-state index < -0.39 is 5.79 Å². The lowest BCUT2D eigenvalue weighted by Crippen LogP contribution is -2.38. The number of amides is 2. The Morgan fingerprint density at radius 2 is 1.79 bits per heavy atom. The normalized spacial score (nSPS) is 24.9. The summed E-state index contributed by atoms with van der Waals surface area (Å²) < 4.78 is 11.1. The zero-order valence-corrected chi connectivity index (χ0v) is 10.9. The summed E-state index contributed by atoms with van der Waals surface area (Å²) >= 11 is 0. The quantitative estimate of drug-likeness (QED) is 0.756. The standard InChI is InChI=1S/C14H15NO4/c1-14(2)18-8-9(19-14)7-15-12(16)10-5-3-4-6-11(10)13(15)17/h3-6,9H,7-8H2,1-2H3/t9-/m0/s1. The van der Waals surface area contributed by atoms with Crippen molar-refractivity contribution in [2.75, 3.05) is 13.2 Å². The molecule has 5 nitrogen and oxygen atoms in total. The van der Waals surface area contributed by atoms with Gasteiger partial charge in [-0.25, -0.2) is 0 Å². The number of ether oxygens (including phenoxy) is 2. The van der Waals surface area contributed by atoms with E-state index in [2.05, 4.69) is 0 Å². The highest BCUT2D eigenvalue weighted by atomic mass is 16.7. The van der Waals surface area contributed by atoms with Crippen LogP contribution >= 0.6 is 0 Å². The molecule has 2 heterocycles. The first kappa shape index (κ1) is 12.3. The maximum atomic E-state index is 12.2. The number of benzene rings is 1. The first-order chi connectivity index (χ1) is 8.98. The maximum Gasteiger partial charge on any atom is 0.261 e. The van der Waals surface area contributed by atoms with Crippen molar-refractivity contribution in [1.29, 1.82) is 0 Å². The molecule has 100 valence electrons. The van der Waals surface area contributed by atoms with Crippen molar-refractivity contribution in [3.05, 3.63) is 35.4 Å². The van der Waals surface area contributed by atoms with Crippen molar-refractivity contribution in [2.45, 2.75) is 25.7 Å². The third-order valence-corrected chi connectivity index (χ3v) is 3.33. The lowest BCUT2D eigenvalue weighted by atomic mass is 10.1. The average molecular weight is 261 g/mol. The van der Waals surface area contributed by atoms with Gasteiger partial charge in [-0.1, -0.05) is 12.1 Å².